The maximum atomic E-state index is 4.37. The highest BCUT2D eigenvalue weighted by Gasteiger charge is 2.01. The van der Waals surface area contributed by atoms with Crippen molar-refractivity contribution >= 4 is 12.2 Å². The van der Waals surface area contributed by atoms with Gasteiger partial charge in [-0.1, -0.05) is 64.1 Å². The van der Waals surface area contributed by atoms with Crippen LogP contribution in [0, 0.1) is 0 Å². The normalized spacial score (nSPS) is 11.7. The van der Waals surface area contributed by atoms with Crippen LogP contribution in [0.1, 0.15) is 62.0 Å². The average molecular weight is 266 g/mol. The van der Waals surface area contributed by atoms with Crippen molar-refractivity contribution in [3.8, 4) is 0 Å². The van der Waals surface area contributed by atoms with Gasteiger partial charge in [0.1, 0.15) is 5.82 Å². The minimum Gasteiger partial charge on any atom is -0.240 e. The molecule has 0 aliphatic rings. The molecule has 0 amide bonds. The van der Waals surface area contributed by atoms with Crippen molar-refractivity contribution in [3.63, 3.8) is 0 Å². The first kappa shape index (κ1) is 14.4. The highest BCUT2D eigenvalue weighted by atomic mass is 14.9. The third-order valence-electron chi connectivity index (χ3n) is 3.28. The lowest BCUT2D eigenvalue weighted by atomic mass is 10.0. The summed E-state index contributed by atoms with van der Waals surface area (Å²) in [6, 6.07) is 8.66. The van der Waals surface area contributed by atoms with Crippen LogP contribution >= 0.6 is 0 Å². The second-order valence-corrected chi connectivity index (χ2v) is 5.68. The van der Waals surface area contributed by atoms with Crippen molar-refractivity contribution in [1.29, 1.82) is 0 Å². The molecule has 0 unspecified atom stereocenters. The van der Waals surface area contributed by atoms with Gasteiger partial charge >= 0.3 is 0 Å². The Morgan fingerprint density at radius 3 is 1.80 bits per heavy atom. The van der Waals surface area contributed by atoms with Gasteiger partial charge in [-0.2, -0.15) is 0 Å². The van der Waals surface area contributed by atoms with Gasteiger partial charge in [0, 0.05) is 23.9 Å². The van der Waals surface area contributed by atoms with Crippen molar-refractivity contribution in [2.45, 2.75) is 39.5 Å². The first-order chi connectivity index (χ1) is 9.56. The van der Waals surface area contributed by atoms with Gasteiger partial charge in [0.2, 0.25) is 0 Å². The second-order valence-electron chi connectivity index (χ2n) is 5.68. The van der Waals surface area contributed by atoms with E-state index >= 15 is 0 Å². The van der Waals surface area contributed by atoms with Crippen molar-refractivity contribution < 1.29 is 0 Å². The third kappa shape index (κ3) is 3.77. The minimum atomic E-state index is 0.372. The molecule has 0 atom stereocenters. The Morgan fingerprint density at radius 2 is 1.30 bits per heavy atom. The van der Waals surface area contributed by atoms with E-state index in [9.17, 15) is 0 Å². The van der Waals surface area contributed by atoms with Crippen LogP contribution in [0.2, 0.25) is 0 Å². The van der Waals surface area contributed by atoms with E-state index in [1.807, 2.05) is 12.4 Å². The van der Waals surface area contributed by atoms with E-state index in [1.165, 1.54) is 11.1 Å². The van der Waals surface area contributed by atoms with E-state index < -0.39 is 0 Å². The zero-order valence-corrected chi connectivity index (χ0v) is 12.7. The maximum Gasteiger partial charge on any atom is 0.130 e. The molecule has 2 aromatic rings. The van der Waals surface area contributed by atoms with E-state index in [1.54, 1.807) is 0 Å². The predicted molar refractivity (Wildman–Crippen MR) is 85.6 cm³/mol. The van der Waals surface area contributed by atoms with E-state index in [0.717, 1.165) is 11.4 Å². The Morgan fingerprint density at radius 1 is 0.750 bits per heavy atom. The van der Waals surface area contributed by atoms with Gasteiger partial charge in [-0.15, -0.1) is 0 Å². The van der Waals surface area contributed by atoms with Gasteiger partial charge in [-0.05, 0) is 17.0 Å². The molecule has 2 rings (SSSR count). The molecule has 0 bridgehead atoms. The molecule has 1 heterocycles. The van der Waals surface area contributed by atoms with Crippen LogP contribution in [0.5, 0.6) is 0 Å². The molecular weight excluding hydrogens is 244 g/mol. The monoisotopic (exact) mass is 266 g/mol. The standard InChI is InChI=1S/C18H22N2/c1-13(2)17-9-7-15(8-10-17)5-6-16-11-19-18(14(3)4)20-12-16/h5-14H,1-4H3/b6-5+. The second kappa shape index (κ2) is 6.47. The molecule has 2 nitrogen and oxygen atoms in total. The Kier molecular flexibility index (Phi) is 4.67. The summed E-state index contributed by atoms with van der Waals surface area (Å²) in [5.74, 6) is 1.84. The van der Waals surface area contributed by atoms with Gasteiger partial charge < -0.3 is 0 Å². The molecule has 1 aromatic heterocycles. The summed E-state index contributed by atoms with van der Waals surface area (Å²) in [5.41, 5.74) is 3.59. The number of hydrogen-bond donors (Lipinski definition) is 0. The first-order valence-electron chi connectivity index (χ1n) is 7.16. The lowest BCUT2D eigenvalue weighted by Gasteiger charge is -2.04. The topological polar surface area (TPSA) is 25.8 Å². The van der Waals surface area contributed by atoms with E-state index in [4.69, 9.17) is 0 Å². The molecule has 0 N–H and O–H groups in total. The van der Waals surface area contributed by atoms with E-state index in [0.29, 0.717) is 11.8 Å². The smallest absolute Gasteiger partial charge is 0.130 e. The van der Waals surface area contributed by atoms with Crippen molar-refractivity contribution in [2.24, 2.45) is 0 Å². The molecule has 0 radical (unpaired) electrons. The Balaban J connectivity index is 2.08. The molecule has 0 saturated heterocycles. The zero-order chi connectivity index (χ0) is 14.5. The lowest BCUT2D eigenvalue weighted by molar-refractivity contribution is 0.773. The Hall–Kier alpha value is -1.96. The van der Waals surface area contributed by atoms with Gasteiger partial charge in [-0.25, -0.2) is 9.97 Å². The van der Waals surface area contributed by atoms with E-state index in [2.05, 4.69) is 74.1 Å². The largest absolute Gasteiger partial charge is 0.240 e. The molecule has 0 spiro atoms. The first-order valence-corrected chi connectivity index (χ1v) is 7.16. The average Bonchev–Trinajstić information content (AvgIpc) is 2.46. The van der Waals surface area contributed by atoms with Gasteiger partial charge in [0.15, 0.2) is 0 Å². The summed E-state index contributed by atoms with van der Waals surface area (Å²) in [6.07, 6.45) is 7.90. The highest BCUT2D eigenvalue weighted by Crippen LogP contribution is 2.16. The van der Waals surface area contributed by atoms with Crippen LogP contribution in [0.4, 0.5) is 0 Å². The summed E-state index contributed by atoms with van der Waals surface area (Å²) in [4.78, 5) is 8.73. The molecule has 20 heavy (non-hydrogen) atoms. The molecule has 0 aliphatic carbocycles. The van der Waals surface area contributed by atoms with Crippen molar-refractivity contribution in [2.75, 3.05) is 0 Å². The van der Waals surface area contributed by atoms with Crippen LogP contribution < -0.4 is 0 Å². The zero-order valence-electron chi connectivity index (χ0n) is 12.7. The molecule has 1 aromatic carbocycles. The highest BCUT2D eigenvalue weighted by molar-refractivity contribution is 5.68. The minimum absolute atomic E-state index is 0.372. The van der Waals surface area contributed by atoms with Crippen LogP contribution in [-0.2, 0) is 0 Å². The fourth-order valence-corrected chi connectivity index (χ4v) is 1.92. The molecule has 0 fully saturated rings. The summed E-state index contributed by atoms with van der Waals surface area (Å²) < 4.78 is 0. The molecule has 0 aliphatic heterocycles. The van der Waals surface area contributed by atoms with Crippen LogP contribution in [-0.4, -0.2) is 9.97 Å². The summed E-state index contributed by atoms with van der Waals surface area (Å²) in [5, 5.41) is 0. The molecule has 104 valence electrons. The van der Waals surface area contributed by atoms with Gasteiger partial charge in [0.25, 0.3) is 0 Å². The van der Waals surface area contributed by atoms with Crippen LogP contribution in [0.3, 0.4) is 0 Å². The number of benzene rings is 1. The quantitative estimate of drug-likeness (QED) is 0.787. The van der Waals surface area contributed by atoms with Gasteiger partial charge in [0.05, 0.1) is 0 Å². The predicted octanol–water partition coefficient (Wildman–Crippen LogP) is 4.89. The number of hydrogen-bond acceptors (Lipinski definition) is 2. The molecular formula is C18H22N2. The Labute approximate surface area is 121 Å². The van der Waals surface area contributed by atoms with E-state index in [-0.39, 0.29) is 0 Å². The van der Waals surface area contributed by atoms with Crippen LogP contribution in [0.15, 0.2) is 36.7 Å². The lowest BCUT2D eigenvalue weighted by Crippen LogP contribution is -1.96. The maximum absolute atomic E-state index is 4.37. The fourth-order valence-electron chi connectivity index (χ4n) is 1.92. The number of aromatic nitrogens is 2. The molecule has 0 saturated carbocycles. The molecule has 2 heteroatoms. The number of nitrogens with zero attached hydrogens (tertiary/aromatic N) is 2. The Bertz CT molecular complexity index is 510. The number of rotatable bonds is 4. The van der Waals surface area contributed by atoms with Crippen molar-refractivity contribution in [1.82, 2.24) is 9.97 Å². The summed E-state index contributed by atoms with van der Waals surface area (Å²) in [7, 11) is 0. The SMILES string of the molecule is CC(C)c1ccc(/C=C/c2cnc(C(C)C)nc2)cc1. The van der Waals surface area contributed by atoms with Crippen molar-refractivity contribution in [3.05, 3.63) is 59.2 Å². The third-order valence-corrected chi connectivity index (χ3v) is 3.28. The van der Waals surface area contributed by atoms with Gasteiger partial charge in [-0.3, -0.25) is 0 Å². The summed E-state index contributed by atoms with van der Waals surface area (Å²) >= 11 is 0. The summed E-state index contributed by atoms with van der Waals surface area (Å²) in [6.45, 7) is 8.61. The van der Waals surface area contributed by atoms with Crippen LogP contribution in [0.25, 0.3) is 12.2 Å². The fraction of sp³-hybridized carbons (Fsp3) is 0.333.